The van der Waals surface area contributed by atoms with Gasteiger partial charge < -0.3 is 10.1 Å². The second-order valence-corrected chi connectivity index (χ2v) is 6.11. The molecule has 0 spiro atoms. The van der Waals surface area contributed by atoms with Crippen LogP contribution in [0, 0.1) is 0 Å². The Hall–Kier alpha value is -1.03. The largest absolute Gasteiger partial charge is 0.496 e. The number of methoxy groups -OCH3 is 1. The van der Waals surface area contributed by atoms with Crippen molar-refractivity contribution in [3.63, 3.8) is 0 Å². The van der Waals surface area contributed by atoms with Crippen molar-refractivity contribution < 1.29 is 4.74 Å². The number of hydrogen-bond donors (Lipinski definition) is 1. The molecule has 0 fully saturated rings. The lowest BCUT2D eigenvalue weighted by molar-refractivity contribution is 0.405. The fourth-order valence-corrected chi connectivity index (χ4v) is 3.04. The van der Waals surface area contributed by atoms with Crippen molar-refractivity contribution in [3.8, 4) is 5.75 Å². The summed E-state index contributed by atoms with van der Waals surface area (Å²) >= 11 is 9.89. The van der Waals surface area contributed by atoms with Crippen LogP contribution in [0.3, 0.4) is 0 Å². The Balaban J connectivity index is 2.33. The highest BCUT2D eigenvalue weighted by atomic mass is 79.9. The maximum atomic E-state index is 6.37. The fraction of sp³-hybridized carbons (Fsp3) is 0.294. The summed E-state index contributed by atoms with van der Waals surface area (Å²) in [5.74, 6) is 0.909. The van der Waals surface area contributed by atoms with Crippen LogP contribution in [0.1, 0.15) is 24.1 Å². The topological polar surface area (TPSA) is 21.3 Å². The molecule has 112 valence electrons. The van der Waals surface area contributed by atoms with Crippen molar-refractivity contribution >= 4 is 27.5 Å². The van der Waals surface area contributed by atoms with E-state index < -0.39 is 0 Å². The highest BCUT2D eigenvalue weighted by molar-refractivity contribution is 9.10. The molecular weight excluding hydrogens is 350 g/mol. The molecule has 1 N–H and O–H groups in total. The molecule has 2 nitrogen and oxygen atoms in total. The summed E-state index contributed by atoms with van der Waals surface area (Å²) in [4.78, 5) is 0. The molecule has 0 bridgehead atoms. The van der Waals surface area contributed by atoms with Gasteiger partial charge in [-0.1, -0.05) is 52.7 Å². The van der Waals surface area contributed by atoms with Crippen LogP contribution >= 0.6 is 27.5 Å². The minimum absolute atomic E-state index is 0.149. The van der Waals surface area contributed by atoms with Crippen LogP contribution in [-0.4, -0.2) is 13.7 Å². The van der Waals surface area contributed by atoms with Crippen LogP contribution in [0.2, 0.25) is 5.02 Å². The Bertz CT molecular complexity index is 603. The first-order valence-corrected chi connectivity index (χ1v) is 8.13. The van der Waals surface area contributed by atoms with Gasteiger partial charge in [0.2, 0.25) is 0 Å². The van der Waals surface area contributed by atoms with Crippen molar-refractivity contribution in [1.82, 2.24) is 5.32 Å². The highest BCUT2D eigenvalue weighted by Gasteiger charge is 2.16. The SMILES string of the molecule is CCNC(Cc1ccccc1OC)c1cc(Br)ccc1Cl. The van der Waals surface area contributed by atoms with Gasteiger partial charge in [0, 0.05) is 15.5 Å². The first kappa shape index (κ1) is 16.3. The fourth-order valence-electron chi connectivity index (χ4n) is 2.41. The van der Waals surface area contributed by atoms with Gasteiger partial charge in [-0.2, -0.15) is 0 Å². The second kappa shape index (κ2) is 7.83. The molecule has 1 atom stereocenters. The van der Waals surface area contributed by atoms with Crippen LogP contribution in [-0.2, 0) is 6.42 Å². The summed E-state index contributed by atoms with van der Waals surface area (Å²) in [5, 5.41) is 4.28. The van der Waals surface area contributed by atoms with Crippen molar-refractivity contribution in [2.45, 2.75) is 19.4 Å². The average Bonchev–Trinajstić information content (AvgIpc) is 2.50. The normalized spacial score (nSPS) is 12.2. The number of nitrogens with one attached hydrogen (secondary N) is 1. The molecule has 2 aromatic rings. The van der Waals surface area contributed by atoms with Crippen molar-refractivity contribution in [3.05, 3.63) is 63.1 Å². The Kier molecular flexibility index (Phi) is 6.09. The third-order valence-corrected chi connectivity index (χ3v) is 4.24. The van der Waals surface area contributed by atoms with Gasteiger partial charge in [0.15, 0.2) is 0 Å². The van der Waals surface area contributed by atoms with E-state index in [1.54, 1.807) is 7.11 Å². The highest BCUT2D eigenvalue weighted by Crippen LogP contribution is 2.31. The summed E-state index contributed by atoms with van der Waals surface area (Å²) in [5.41, 5.74) is 2.26. The van der Waals surface area contributed by atoms with E-state index in [2.05, 4.69) is 40.3 Å². The van der Waals surface area contributed by atoms with E-state index in [1.165, 1.54) is 5.56 Å². The van der Waals surface area contributed by atoms with Gasteiger partial charge >= 0.3 is 0 Å². The zero-order valence-electron chi connectivity index (χ0n) is 12.2. The zero-order valence-corrected chi connectivity index (χ0v) is 14.5. The molecule has 21 heavy (non-hydrogen) atoms. The van der Waals surface area contributed by atoms with Gasteiger partial charge in [-0.05, 0) is 48.4 Å². The van der Waals surface area contributed by atoms with Crippen LogP contribution in [0.5, 0.6) is 5.75 Å². The van der Waals surface area contributed by atoms with Gasteiger partial charge in [-0.25, -0.2) is 0 Å². The molecule has 0 aliphatic rings. The third kappa shape index (κ3) is 4.22. The predicted octanol–water partition coefficient (Wildman–Crippen LogP) is 5.00. The van der Waals surface area contributed by atoms with Crippen molar-refractivity contribution in [2.75, 3.05) is 13.7 Å². The molecule has 2 aromatic carbocycles. The van der Waals surface area contributed by atoms with E-state index in [9.17, 15) is 0 Å². The van der Waals surface area contributed by atoms with Crippen LogP contribution in [0.25, 0.3) is 0 Å². The minimum atomic E-state index is 0.149. The Morgan fingerprint density at radius 1 is 1.24 bits per heavy atom. The summed E-state index contributed by atoms with van der Waals surface area (Å²) in [6.45, 7) is 2.98. The number of ether oxygens (including phenoxy) is 1. The number of rotatable bonds is 6. The maximum absolute atomic E-state index is 6.37. The van der Waals surface area contributed by atoms with Gasteiger partial charge in [0.25, 0.3) is 0 Å². The summed E-state index contributed by atoms with van der Waals surface area (Å²) in [6, 6.07) is 14.2. The summed E-state index contributed by atoms with van der Waals surface area (Å²) < 4.78 is 6.48. The lowest BCUT2D eigenvalue weighted by Gasteiger charge is -2.21. The molecule has 0 amide bonds. The van der Waals surface area contributed by atoms with Gasteiger partial charge in [0.1, 0.15) is 5.75 Å². The number of halogens is 2. The molecule has 4 heteroatoms. The number of benzene rings is 2. The predicted molar refractivity (Wildman–Crippen MR) is 92.3 cm³/mol. The molecule has 0 aliphatic carbocycles. The number of likely N-dealkylation sites (N-methyl/N-ethyl adjacent to an activating group) is 1. The molecule has 2 rings (SSSR count). The van der Waals surface area contributed by atoms with E-state index in [-0.39, 0.29) is 6.04 Å². The standard InChI is InChI=1S/C17H19BrClNO/c1-3-20-16(14-11-13(18)8-9-15(14)19)10-12-6-4-5-7-17(12)21-2/h4-9,11,16,20H,3,10H2,1-2H3. The van der Waals surface area contributed by atoms with Crippen molar-refractivity contribution in [1.29, 1.82) is 0 Å². The molecule has 0 heterocycles. The van der Waals surface area contributed by atoms with E-state index >= 15 is 0 Å². The second-order valence-electron chi connectivity index (χ2n) is 4.79. The van der Waals surface area contributed by atoms with Crippen LogP contribution < -0.4 is 10.1 Å². The van der Waals surface area contributed by atoms with Gasteiger partial charge in [-0.3, -0.25) is 0 Å². The lowest BCUT2D eigenvalue weighted by atomic mass is 9.98. The lowest BCUT2D eigenvalue weighted by Crippen LogP contribution is -2.23. The molecule has 0 aromatic heterocycles. The molecule has 0 saturated heterocycles. The van der Waals surface area contributed by atoms with E-state index in [4.69, 9.17) is 16.3 Å². The monoisotopic (exact) mass is 367 g/mol. The zero-order chi connectivity index (χ0) is 15.2. The molecule has 0 saturated carbocycles. The van der Waals surface area contributed by atoms with Crippen LogP contribution in [0.15, 0.2) is 46.9 Å². The Labute approximate surface area is 139 Å². The van der Waals surface area contributed by atoms with E-state index in [1.807, 2.05) is 30.3 Å². The number of hydrogen-bond acceptors (Lipinski definition) is 2. The minimum Gasteiger partial charge on any atom is -0.496 e. The van der Waals surface area contributed by atoms with Gasteiger partial charge in [-0.15, -0.1) is 0 Å². The number of para-hydroxylation sites is 1. The Morgan fingerprint density at radius 2 is 2.00 bits per heavy atom. The van der Waals surface area contributed by atoms with Crippen molar-refractivity contribution in [2.24, 2.45) is 0 Å². The first-order chi connectivity index (χ1) is 10.2. The quantitative estimate of drug-likeness (QED) is 0.774. The maximum Gasteiger partial charge on any atom is 0.122 e. The summed E-state index contributed by atoms with van der Waals surface area (Å²) in [6.07, 6.45) is 0.827. The summed E-state index contributed by atoms with van der Waals surface area (Å²) in [7, 11) is 1.70. The van der Waals surface area contributed by atoms with E-state index in [0.29, 0.717) is 0 Å². The molecular formula is C17H19BrClNO. The molecule has 0 radical (unpaired) electrons. The third-order valence-electron chi connectivity index (χ3n) is 3.40. The molecule has 0 aliphatic heterocycles. The van der Waals surface area contributed by atoms with E-state index in [0.717, 1.165) is 33.8 Å². The smallest absolute Gasteiger partial charge is 0.122 e. The Morgan fingerprint density at radius 3 is 2.71 bits per heavy atom. The first-order valence-electron chi connectivity index (χ1n) is 6.96. The molecule has 1 unspecified atom stereocenters. The average molecular weight is 369 g/mol. The van der Waals surface area contributed by atoms with Crippen LogP contribution in [0.4, 0.5) is 0 Å². The van der Waals surface area contributed by atoms with Gasteiger partial charge in [0.05, 0.1) is 7.11 Å².